The molecule has 5 rings (SSSR count). The van der Waals surface area contributed by atoms with E-state index in [1.54, 1.807) is 0 Å². The van der Waals surface area contributed by atoms with Crippen molar-refractivity contribution >= 4 is 34.7 Å². The van der Waals surface area contributed by atoms with E-state index >= 15 is 0 Å². The third-order valence-electron chi connectivity index (χ3n) is 6.31. The van der Waals surface area contributed by atoms with E-state index in [4.69, 9.17) is 9.25 Å². The Morgan fingerprint density at radius 1 is 0.946 bits per heavy atom. The summed E-state index contributed by atoms with van der Waals surface area (Å²) in [6, 6.07) is 15.2. The van der Waals surface area contributed by atoms with Gasteiger partial charge in [0.25, 0.3) is 11.8 Å². The molecule has 2 amide bonds. The largest absolute Gasteiger partial charge is 0.478 e. The lowest BCUT2D eigenvalue weighted by atomic mass is 9.89. The van der Waals surface area contributed by atoms with Crippen molar-refractivity contribution in [2.45, 2.75) is 19.8 Å². The van der Waals surface area contributed by atoms with Gasteiger partial charge in [0.2, 0.25) is 5.36 Å². The highest BCUT2D eigenvalue weighted by Crippen LogP contribution is 2.41. The average molecular weight is 499 g/mol. The molecule has 37 heavy (non-hydrogen) atoms. The molecule has 2 heterocycles. The van der Waals surface area contributed by atoms with Gasteiger partial charge in [0.1, 0.15) is 25.4 Å². The van der Waals surface area contributed by atoms with Crippen LogP contribution in [-0.2, 0) is 14.4 Å². The number of hydroxylamine groups is 2. The summed E-state index contributed by atoms with van der Waals surface area (Å²) in [5.74, 6) is -2.79. The number of carboxylic acids is 1. The topological polar surface area (TPSA) is 117 Å². The van der Waals surface area contributed by atoms with Crippen LogP contribution in [0.4, 0.5) is 0 Å². The molecule has 0 unspecified atom stereocenters. The fraction of sp³-hybridized carbons (Fsp3) is 0.179. The van der Waals surface area contributed by atoms with E-state index in [0.717, 1.165) is 10.9 Å². The highest BCUT2D eigenvalue weighted by atomic mass is 16.7. The van der Waals surface area contributed by atoms with Crippen molar-refractivity contribution in [3.8, 4) is 22.5 Å². The second kappa shape index (κ2) is 9.02. The maximum atomic E-state index is 12.9. The van der Waals surface area contributed by atoms with E-state index in [9.17, 15) is 24.3 Å². The molecule has 2 aliphatic heterocycles. The second-order valence-corrected chi connectivity index (χ2v) is 9.08. The molecule has 0 radical (unpaired) electrons. The molecular formula is C28H23N2O7+. The number of hydrogen-bond donors (Lipinski definition) is 1. The minimum absolute atomic E-state index is 0.00776. The predicted molar refractivity (Wildman–Crippen MR) is 134 cm³/mol. The van der Waals surface area contributed by atoms with Crippen molar-refractivity contribution < 1.29 is 33.5 Å². The number of benzene rings is 3. The Morgan fingerprint density at radius 2 is 1.68 bits per heavy atom. The van der Waals surface area contributed by atoms with Gasteiger partial charge in [-0.1, -0.05) is 12.1 Å². The van der Waals surface area contributed by atoms with Gasteiger partial charge in [-0.3, -0.25) is 9.59 Å². The molecule has 1 aliphatic carbocycles. The highest BCUT2D eigenvalue weighted by molar-refractivity contribution is 6.09. The molecule has 1 saturated heterocycles. The SMILES string of the molecule is Cc1ccc2c(-c3cc(C(=O)ON4C(=O)CCC4=O)ccc3C(=O)O)c3ccc(=[N+](C)C)cc-3oc2c1. The van der Waals surface area contributed by atoms with E-state index in [1.165, 1.54) is 18.2 Å². The van der Waals surface area contributed by atoms with Crippen molar-refractivity contribution in [2.24, 2.45) is 0 Å². The molecule has 0 atom stereocenters. The molecule has 2 aromatic rings. The van der Waals surface area contributed by atoms with Gasteiger partial charge in [-0.25, -0.2) is 14.2 Å². The minimum Gasteiger partial charge on any atom is -0.478 e. The third-order valence-corrected chi connectivity index (χ3v) is 6.31. The number of amides is 2. The molecule has 0 aromatic heterocycles. The maximum Gasteiger partial charge on any atom is 0.363 e. The van der Waals surface area contributed by atoms with Crippen molar-refractivity contribution in [1.29, 1.82) is 0 Å². The van der Waals surface area contributed by atoms with Crippen LogP contribution >= 0.6 is 0 Å². The van der Waals surface area contributed by atoms with Gasteiger partial charge in [0.15, 0.2) is 0 Å². The lowest BCUT2D eigenvalue weighted by molar-refractivity contribution is -0.172. The lowest BCUT2D eigenvalue weighted by Gasteiger charge is -2.18. The summed E-state index contributed by atoms with van der Waals surface area (Å²) in [5, 5.41) is 12.0. The van der Waals surface area contributed by atoms with Gasteiger partial charge in [0.05, 0.1) is 17.2 Å². The molecule has 1 N–H and O–H groups in total. The first kappa shape index (κ1) is 23.9. The zero-order valence-corrected chi connectivity index (χ0v) is 20.4. The highest BCUT2D eigenvalue weighted by Gasteiger charge is 2.33. The zero-order chi connectivity index (χ0) is 26.4. The smallest absolute Gasteiger partial charge is 0.363 e. The molecule has 9 heteroatoms. The number of rotatable bonds is 4. The van der Waals surface area contributed by atoms with Gasteiger partial charge >= 0.3 is 11.9 Å². The zero-order valence-electron chi connectivity index (χ0n) is 20.4. The number of hydrogen-bond acceptors (Lipinski definition) is 6. The molecular weight excluding hydrogens is 476 g/mol. The summed E-state index contributed by atoms with van der Waals surface area (Å²) in [6.45, 7) is 1.93. The molecule has 0 bridgehead atoms. The van der Waals surface area contributed by atoms with Crippen LogP contribution in [0, 0.1) is 6.92 Å². The second-order valence-electron chi connectivity index (χ2n) is 9.08. The van der Waals surface area contributed by atoms with Crippen molar-refractivity contribution in [3.63, 3.8) is 0 Å². The van der Waals surface area contributed by atoms with Crippen molar-refractivity contribution in [1.82, 2.24) is 9.64 Å². The number of aryl methyl sites for hydroxylation is 1. The number of aromatic carboxylic acids is 1. The summed E-state index contributed by atoms with van der Waals surface area (Å²) < 4.78 is 8.15. The molecule has 186 valence electrons. The molecule has 0 saturated carbocycles. The Bertz CT molecular complexity index is 1660. The Labute approximate surface area is 211 Å². The Kier molecular flexibility index (Phi) is 5.83. The van der Waals surface area contributed by atoms with Crippen LogP contribution < -0.4 is 9.93 Å². The number of fused-ring (bicyclic) bond motifs is 2. The number of nitrogens with zero attached hydrogens (tertiary/aromatic N) is 2. The number of carbonyl (C=O) groups is 4. The van der Waals surface area contributed by atoms with E-state index in [1.807, 2.05) is 62.0 Å². The fourth-order valence-electron chi connectivity index (χ4n) is 4.41. The summed E-state index contributed by atoms with van der Waals surface area (Å²) in [6.07, 6.45) is -0.0652. The average Bonchev–Trinajstić information content (AvgIpc) is 3.18. The van der Waals surface area contributed by atoms with Crippen LogP contribution in [0.3, 0.4) is 0 Å². The third kappa shape index (κ3) is 4.24. The monoisotopic (exact) mass is 499 g/mol. The molecule has 0 spiro atoms. The standard InChI is InChI=1S/C28H22N2O7/c1-15-4-7-19-22(12-15)36-23-14-17(29(2)3)6-9-20(23)26(19)21-13-16(5-8-18(21)27(33)34)28(35)37-30-24(31)10-11-25(30)32/h4-9,12-14H,10-11H2,1-3H3/p+1. The first-order valence-corrected chi connectivity index (χ1v) is 11.6. The van der Waals surface area contributed by atoms with E-state index in [0.29, 0.717) is 32.9 Å². The van der Waals surface area contributed by atoms with Gasteiger partial charge in [-0.15, -0.1) is 5.06 Å². The predicted octanol–water partition coefficient (Wildman–Crippen LogP) is 3.46. The Morgan fingerprint density at radius 3 is 2.35 bits per heavy atom. The molecule has 9 nitrogen and oxygen atoms in total. The van der Waals surface area contributed by atoms with Crippen molar-refractivity contribution in [3.05, 3.63) is 76.6 Å². The number of carbonyl (C=O) groups excluding carboxylic acids is 3. The lowest BCUT2D eigenvalue weighted by Crippen LogP contribution is -2.32. The maximum absolute atomic E-state index is 12.9. The van der Waals surface area contributed by atoms with Crippen LogP contribution in [0.2, 0.25) is 0 Å². The van der Waals surface area contributed by atoms with Gasteiger partial charge in [-0.05, 0) is 48.4 Å². The Balaban J connectivity index is 1.76. The molecule has 2 aromatic carbocycles. The quantitative estimate of drug-likeness (QED) is 0.260. The fourth-order valence-corrected chi connectivity index (χ4v) is 4.41. The summed E-state index contributed by atoms with van der Waals surface area (Å²) in [4.78, 5) is 54.1. The van der Waals surface area contributed by atoms with Gasteiger partial charge in [0, 0.05) is 35.4 Å². The van der Waals surface area contributed by atoms with E-state index in [-0.39, 0.29) is 29.5 Å². The molecule has 1 fully saturated rings. The number of imide groups is 1. The first-order chi connectivity index (χ1) is 17.6. The molecule has 3 aliphatic rings. The Hall–Kier alpha value is -4.79. The van der Waals surface area contributed by atoms with Gasteiger partial charge in [-0.2, -0.15) is 0 Å². The summed E-state index contributed by atoms with van der Waals surface area (Å²) in [7, 11) is 3.81. The van der Waals surface area contributed by atoms with Crippen molar-refractivity contribution in [2.75, 3.05) is 14.1 Å². The number of carboxylic acid groups (broad SMARTS) is 1. The van der Waals surface area contributed by atoms with Crippen LogP contribution in [0.25, 0.3) is 33.4 Å². The van der Waals surface area contributed by atoms with Crippen LogP contribution in [0.1, 0.15) is 39.1 Å². The van der Waals surface area contributed by atoms with Crippen LogP contribution in [0.15, 0.2) is 59.0 Å². The normalized spacial score (nSPS) is 13.4. The van der Waals surface area contributed by atoms with E-state index < -0.39 is 23.8 Å². The van der Waals surface area contributed by atoms with E-state index in [2.05, 4.69) is 0 Å². The first-order valence-electron chi connectivity index (χ1n) is 11.6. The minimum atomic E-state index is -1.18. The summed E-state index contributed by atoms with van der Waals surface area (Å²) in [5.41, 5.74) is 2.97. The van der Waals surface area contributed by atoms with Crippen LogP contribution in [0.5, 0.6) is 0 Å². The van der Waals surface area contributed by atoms with Gasteiger partial charge < -0.3 is 14.4 Å². The summed E-state index contributed by atoms with van der Waals surface area (Å²) >= 11 is 0. The van der Waals surface area contributed by atoms with Crippen LogP contribution in [-0.4, -0.2) is 48.0 Å².